The van der Waals surface area contributed by atoms with Gasteiger partial charge in [0, 0.05) is 19.2 Å². The number of nitrogens with zero attached hydrogens (tertiary/aromatic N) is 1. The summed E-state index contributed by atoms with van der Waals surface area (Å²) in [5.41, 5.74) is 5.17. The summed E-state index contributed by atoms with van der Waals surface area (Å²) >= 11 is 0. The maximum absolute atomic E-state index is 13.8. The zero-order valence-corrected chi connectivity index (χ0v) is 21.2. The summed E-state index contributed by atoms with van der Waals surface area (Å²) in [5.74, 6) is 1.13. The third-order valence-corrected chi connectivity index (χ3v) is 6.42. The molecule has 36 heavy (non-hydrogen) atoms. The lowest BCUT2D eigenvalue weighted by Gasteiger charge is -2.26. The molecule has 0 saturated heterocycles. The minimum atomic E-state index is -0.366. The molecule has 0 N–H and O–H groups in total. The van der Waals surface area contributed by atoms with Crippen molar-refractivity contribution in [1.82, 2.24) is 4.90 Å². The van der Waals surface area contributed by atoms with E-state index in [9.17, 15) is 4.79 Å². The maximum Gasteiger partial charge on any atom is 0.234 e. The van der Waals surface area contributed by atoms with Crippen LogP contribution >= 0.6 is 0 Å². The van der Waals surface area contributed by atoms with E-state index >= 15 is 0 Å². The van der Waals surface area contributed by atoms with Gasteiger partial charge in [-0.2, -0.15) is 0 Å². The number of benzene rings is 4. The second-order valence-electron chi connectivity index (χ2n) is 8.81. The molecule has 0 aliphatic rings. The predicted molar refractivity (Wildman–Crippen MR) is 144 cm³/mol. The Morgan fingerprint density at radius 2 is 1.36 bits per heavy atom. The second-order valence-corrected chi connectivity index (χ2v) is 8.81. The largest absolute Gasteiger partial charge is 0.493 e. The van der Waals surface area contributed by atoms with E-state index in [-0.39, 0.29) is 11.8 Å². The molecule has 4 aromatic carbocycles. The molecule has 0 aliphatic carbocycles. The highest BCUT2D eigenvalue weighted by molar-refractivity contribution is 5.87. The second kappa shape index (κ2) is 12.1. The summed E-state index contributed by atoms with van der Waals surface area (Å²) < 4.78 is 11.9. The summed E-state index contributed by atoms with van der Waals surface area (Å²) in [6.07, 6.45) is 0.763. The Morgan fingerprint density at radius 3 is 1.89 bits per heavy atom. The molecule has 0 unspecified atom stereocenters. The van der Waals surface area contributed by atoms with Crippen molar-refractivity contribution in [2.45, 2.75) is 32.4 Å². The molecule has 0 spiro atoms. The van der Waals surface area contributed by atoms with E-state index in [2.05, 4.69) is 6.92 Å². The highest BCUT2D eigenvalue weighted by Gasteiger charge is 2.26. The van der Waals surface area contributed by atoms with Crippen LogP contribution in [0.1, 0.15) is 40.7 Å². The van der Waals surface area contributed by atoms with Crippen molar-refractivity contribution in [3.63, 3.8) is 0 Å². The molecule has 4 aromatic rings. The van der Waals surface area contributed by atoms with E-state index in [1.165, 1.54) is 0 Å². The Morgan fingerprint density at radius 1 is 0.806 bits per heavy atom. The van der Waals surface area contributed by atoms with Crippen LogP contribution in [0.25, 0.3) is 0 Å². The number of amides is 1. The molecular weight excluding hydrogens is 446 g/mol. The average molecular weight is 480 g/mol. The lowest BCUT2D eigenvalue weighted by atomic mass is 9.90. The number of rotatable bonds is 10. The zero-order chi connectivity index (χ0) is 25.3. The van der Waals surface area contributed by atoms with Crippen LogP contribution in [0.15, 0.2) is 103 Å². The van der Waals surface area contributed by atoms with Gasteiger partial charge >= 0.3 is 0 Å². The molecule has 0 saturated carbocycles. The number of carbonyl (C=O) groups is 1. The third-order valence-electron chi connectivity index (χ3n) is 6.42. The van der Waals surface area contributed by atoms with Crippen LogP contribution in [0, 0.1) is 0 Å². The molecule has 4 heteroatoms. The normalized spacial score (nSPS) is 10.8. The minimum Gasteiger partial charge on any atom is -0.493 e. The summed E-state index contributed by atoms with van der Waals surface area (Å²) in [5, 5.41) is 0. The van der Waals surface area contributed by atoms with Crippen LogP contribution in [0.4, 0.5) is 0 Å². The van der Waals surface area contributed by atoms with Crippen LogP contribution in [-0.4, -0.2) is 25.0 Å². The SMILES string of the molecule is CCc1c(CN(C)C(=O)C(c2ccccc2)c2ccccc2)ccc(OC)c1OCc1ccccc1. The van der Waals surface area contributed by atoms with Gasteiger partial charge in [-0.25, -0.2) is 0 Å². The molecule has 0 aromatic heterocycles. The van der Waals surface area contributed by atoms with Crippen molar-refractivity contribution < 1.29 is 14.3 Å². The molecule has 0 heterocycles. The number of ether oxygens (including phenoxy) is 2. The fourth-order valence-corrected chi connectivity index (χ4v) is 4.55. The van der Waals surface area contributed by atoms with Gasteiger partial charge in [0.2, 0.25) is 5.91 Å². The van der Waals surface area contributed by atoms with E-state index in [4.69, 9.17) is 9.47 Å². The van der Waals surface area contributed by atoms with Crippen molar-refractivity contribution in [1.29, 1.82) is 0 Å². The lowest BCUT2D eigenvalue weighted by Crippen LogP contribution is -2.32. The van der Waals surface area contributed by atoms with Crippen LogP contribution in [0.2, 0.25) is 0 Å². The Hall–Kier alpha value is -4.05. The van der Waals surface area contributed by atoms with Gasteiger partial charge in [0.15, 0.2) is 11.5 Å². The van der Waals surface area contributed by atoms with Gasteiger partial charge in [0.25, 0.3) is 0 Å². The van der Waals surface area contributed by atoms with E-state index in [0.29, 0.717) is 18.9 Å². The van der Waals surface area contributed by atoms with Crippen molar-refractivity contribution in [2.24, 2.45) is 0 Å². The van der Waals surface area contributed by atoms with Crippen molar-refractivity contribution in [3.05, 3.63) is 131 Å². The van der Waals surface area contributed by atoms with Crippen molar-refractivity contribution in [3.8, 4) is 11.5 Å². The quantitative estimate of drug-likeness (QED) is 0.256. The summed E-state index contributed by atoms with van der Waals surface area (Å²) in [6, 6.07) is 34.0. The molecule has 0 fully saturated rings. The van der Waals surface area contributed by atoms with Crippen LogP contribution in [0.5, 0.6) is 11.5 Å². The van der Waals surface area contributed by atoms with Crippen LogP contribution < -0.4 is 9.47 Å². The zero-order valence-electron chi connectivity index (χ0n) is 21.2. The maximum atomic E-state index is 13.8. The van der Waals surface area contributed by atoms with Gasteiger partial charge < -0.3 is 14.4 Å². The monoisotopic (exact) mass is 479 g/mol. The first-order valence-corrected chi connectivity index (χ1v) is 12.3. The van der Waals surface area contributed by atoms with E-state index in [0.717, 1.165) is 40.0 Å². The lowest BCUT2D eigenvalue weighted by molar-refractivity contribution is -0.131. The standard InChI is InChI=1S/C32H33NO3/c1-4-28-27(20-21-29(35-3)31(28)36-23-24-14-8-5-9-15-24)22-33(2)32(34)30(25-16-10-6-11-17-25)26-18-12-7-13-19-26/h5-21,30H,4,22-23H2,1-3H3. The van der Waals surface area contributed by atoms with Crippen LogP contribution in [-0.2, 0) is 24.4 Å². The molecule has 1 amide bonds. The first kappa shape index (κ1) is 25.1. The smallest absolute Gasteiger partial charge is 0.234 e. The molecular formula is C32H33NO3. The van der Waals surface area contributed by atoms with Crippen LogP contribution in [0.3, 0.4) is 0 Å². The number of methoxy groups -OCH3 is 1. The first-order chi connectivity index (χ1) is 17.6. The molecule has 0 aliphatic heterocycles. The fraction of sp³-hybridized carbons (Fsp3) is 0.219. The fourth-order valence-electron chi connectivity index (χ4n) is 4.55. The number of carbonyl (C=O) groups excluding carboxylic acids is 1. The minimum absolute atomic E-state index is 0.0528. The highest BCUT2D eigenvalue weighted by Crippen LogP contribution is 2.36. The van der Waals surface area contributed by atoms with Gasteiger partial charge in [0.05, 0.1) is 13.0 Å². The summed E-state index contributed by atoms with van der Waals surface area (Å²) in [7, 11) is 3.53. The van der Waals surface area contributed by atoms with E-state index in [1.807, 2.05) is 115 Å². The van der Waals surface area contributed by atoms with Crippen molar-refractivity contribution in [2.75, 3.05) is 14.2 Å². The first-order valence-electron chi connectivity index (χ1n) is 12.3. The summed E-state index contributed by atoms with van der Waals surface area (Å²) in [4.78, 5) is 15.6. The molecule has 0 radical (unpaired) electrons. The third kappa shape index (κ3) is 5.77. The van der Waals surface area contributed by atoms with Gasteiger partial charge in [-0.05, 0) is 34.7 Å². The number of likely N-dealkylation sites (N-methyl/N-ethyl adjacent to an activating group) is 1. The van der Waals surface area contributed by atoms with Gasteiger partial charge in [-0.3, -0.25) is 4.79 Å². The Labute approximate surface area is 214 Å². The molecule has 0 atom stereocenters. The Balaban J connectivity index is 1.61. The van der Waals surface area contributed by atoms with E-state index < -0.39 is 0 Å². The summed E-state index contributed by atoms with van der Waals surface area (Å²) in [6.45, 7) is 3.03. The molecule has 0 bridgehead atoms. The number of hydrogen-bond donors (Lipinski definition) is 0. The Kier molecular flexibility index (Phi) is 8.40. The topological polar surface area (TPSA) is 38.8 Å². The average Bonchev–Trinajstić information content (AvgIpc) is 2.93. The van der Waals surface area contributed by atoms with Crippen molar-refractivity contribution >= 4 is 5.91 Å². The Bertz CT molecular complexity index is 1220. The highest BCUT2D eigenvalue weighted by atomic mass is 16.5. The molecule has 4 nitrogen and oxygen atoms in total. The molecule has 4 rings (SSSR count). The van der Waals surface area contributed by atoms with Gasteiger partial charge in [-0.1, -0.05) is 104 Å². The van der Waals surface area contributed by atoms with E-state index in [1.54, 1.807) is 7.11 Å². The molecule has 184 valence electrons. The van der Waals surface area contributed by atoms with Gasteiger partial charge in [0.1, 0.15) is 6.61 Å². The van der Waals surface area contributed by atoms with Gasteiger partial charge in [-0.15, -0.1) is 0 Å². The predicted octanol–water partition coefficient (Wildman–Crippen LogP) is 6.63. The number of hydrogen-bond acceptors (Lipinski definition) is 3.